The van der Waals surface area contributed by atoms with Gasteiger partial charge in [-0.05, 0) is 11.3 Å². The second-order valence-electron chi connectivity index (χ2n) is 5.82. The molecule has 1 saturated heterocycles. The van der Waals surface area contributed by atoms with E-state index in [4.69, 9.17) is 10.5 Å². The Hall–Kier alpha value is -0.610. The van der Waals surface area contributed by atoms with Crippen LogP contribution in [0, 0.1) is 17.3 Å². The average molecular weight is 228 g/mol. The van der Waals surface area contributed by atoms with E-state index >= 15 is 0 Å². The van der Waals surface area contributed by atoms with Crippen molar-refractivity contribution in [3.8, 4) is 0 Å². The highest BCUT2D eigenvalue weighted by Gasteiger charge is 2.31. The van der Waals surface area contributed by atoms with Gasteiger partial charge in [0.1, 0.15) is 0 Å². The van der Waals surface area contributed by atoms with Crippen molar-refractivity contribution in [1.29, 1.82) is 0 Å². The summed E-state index contributed by atoms with van der Waals surface area (Å²) in [7, 11) is 0. The fourth-order valence-electron chi connectivity index (χ4n) is 1.53. The number of carbonyl (C=O) groups excluding carboxylic acids is 1. The normalized spacial score (nSPS) is 27.8. The summed E-state index contributed by atoms with van der Waals surface area (Å²) < 4.78 is 5.18. The topological polar surface area (TPSA) is 64.3 Å². The molecule has 0 spiro atoms. The summed E-state index contributed by atoms with van der Waals surface area (Å²) in [6.07, 6.45) is 0. The first-order chi connectivity index (χ1) is 7.32. The number of nitrogens with one attached hydrogen (secondary N) is 1. The molecule has 0 radical (unpaired) electrons. The Balaban J connectivity index is 2.35. The van der Waals surface area contributed by atoms with Crippen molar-refractivity contribution in [2.45, 2.75) is 33.7 Å². The maximum atomic E-state index is 11.8. The van der Waals surface area contributed by atoms with Crippen LogP contribution in [-0.2, 0) is 9.53 Å². The molecular weight excluding hydrogens is 204 g/mol. The third-order valence-electron chi connectivity index (χ3n) is 3.52. The minimum absolute atomic E-state index is 0.0288. The van der Waals surface area contributed by atoms with Crippen LogP contribution in [0.3, 0.4) is 0 Å². The van der Waals surface area contributed by atoms with Gasteiger partial charge in [0.2, 0.25) is 5.91 Å². The van der Waals surface area contributed by atoms with Gasteiger partial charge in [-0.3, -0.25) is 4.79 Å². The Kier molecular flexibility index (Phi) is 4.33. The first kappa shape index (κ1) is 13.5. The number of ether oxygens (including phenoxy) is 1. The summed E-state index contributed by atoms with van der Waals surface area (Å²) >= 11 is 0. The molecule has 1 aliphatic rings. The molecule has 0 bridgehead atoms. The van der Waals surface area contributed by atoms with Gasteiger partial charge in [-0.15, -0.1) is 0 Å². The minimum atomic E-state index is -0.174. The molecule has 1 fully saturated rings. The monoisotopic (exact) mass is 228 g/mol. The van der Waals surface area contributed by atoms with Gasteiger partial charge in [-0.1, -0.05) is 27.7 Å². The van der Waals surface area contributed by atoms with Crippen LogP contribution < -0.4 is 11.1 Å². The lowest BCUT2D eigenvalue weighted by molar-refractivity contribution is -0.125. The van der Waals surface area contributed by atoms with E-state index in [1.165, 1.54) is 0 Å². The van der Waals surface area contributed by atoms with Crippen molar-refractivity contribution in [1.82, 2.24) is 5.32 Å². The first-order valence-electron chi connectivity index (χ1n) is 5.93. The number of amides is 1. The summed E-state index contributed by atoms with van der Waals surface area (Å²) in [6, 6.07) is -0.148. The van der Waals surface area contributed by atoms with E-state index in [9.17, 15) is 4.79 Å². The second kappa shape index (κ2) is 5.15. The van der Waals surface area contributed by atoms with Crippen molar-refractivity contribution in [2.75, 3.05) is 19.8 Å². The van der Waals surface area contributed by atoms with Gasteiger partial charge in [-0.25, -0.2) is 0 Å². The highest BCUT2D eigenvalue weighted by Crippen LogP contribution is 2.24. The lowest BCUT2D eigenvalue weighted by Crippen LogP contribution is -2.43. The molecular formula is C12H24N2O2. The number of carbonyl (C=O) groups is 1. The van der Waals surface area contributed by atoms with Gasteiger partial charge in [0.15, 0.2) is 0 Å². The average Bonchev–Trinajstić information content (AvgIpc) is 2.58. The van der Waals surface area contributed by atoms with Crippen LogP contribution in [0.25, 0.3) is 0 Å². The maximum Gasteiger partial charge on any atom is 0.227 e. The van der Waals surface area contributed by atoms with Gasteiger partial charge in [0, 0.05) is 12.6 Å². The van der Waals surface area contributed by atoms with E-state index < -0.39 is 0 Å². The fraction of sp³-hybridized carbons (Fsp3) is 0.917. The van der Waals surface area contributed by atoms with Crippen LogP contribution in [-0.4, -0.2) is 31.7 Å². The molecule has 0 saturated carbocycles. The molecule has 94 valence electrons. The van der Waals surface area contributed by atoms with Gasteiger partial charge >= 0.3 is 0 Å². The first-order valence-corrected chi connectivity index (χ1v) is 5.93. The summed E-state index contributed by atoms with van der Waals surface area (Å²) in [5.41, 5.74) is 6.00. The molecule has 4 nitrogen and oxygen atoms in total. The largest absolute Gasteiger partial charge is 0.379 e. The quantitative estimate of drug-likeness (QED) is 0.749. The van der Waals surface area contributed by atoms with Crippen LogP contribution in [0.5, 0.6) is 0 Å². The van der Waals surface area contributed by atoms with Crippen molar-refractivity contribution >= 4 is 5.91 Å². The van der Waals surface area contributed by atoms with Gasteiger partial charge < -0.3 is 15.8 Å². The maximum absolute atomic E-state index is 11.8. The van der Waals surface area contributed by atoms with E-state index in [1.54, 1.807) is 0 Å². The van der Waals surface area contributed by atoms with E-state index in [1.807, 2.05) is 0 Å². The number of rotatable bonds is 3. The Morgan fingerprint density at radius 1 is 1.50 bits per heavy atom. The standard InChI is InChI=1S/C12H24N2O2/c1-8(12(2,3)4)5-14-11(15)9-6-16-7-10(9)13/h8-10H,5-7,13H2,1-4H3,(H,14,15). The molecule has 0 aromatic carbocycles. The number of nitrogens with two attached hydrogens (primary N) is 1. The predicted octanol–water partition coefficient (Wildman–Crippen LogP) is 0.759. The molecule has 0 aromatic rings. The molecule has 4 heteroatoms. The predicted molar refractivity (Wildman–Crippen MR) is 63.9 cm³/mol. The van der Waals surface area contributed by atoms with Crippen molar-refractivity contribution in [2.24, 2.45) is 23.0 Å². The number of hydrogen-bond donors (Lipinski definition) is 2. The van der Waals surface area contributed by atoms with E-state index in [0.717, 1.165) is 0 Å². The molecule has 0 aromatic heterocycles. The van der Waals surface area contributed by atoms with Crippen molar-refractivity contribution in [3.05, 3.63) is 0 Å². The zero-order valence-corrected chi connectivity index (χ0v) is 10.7. The van der Waals surface area contributed by atoms with Gasteiger partial charge in [-0.2, -0.15) is 0 Å². The molecule has 3 atom stereocenters. The highest BCUT2D eigenvalue weighted by atomic mass is 16.5. The highest BCUT2D eigenvalue weighted by molar-refractivity contribution is 5.79. The SMILES string of the molecule is CC(CNC(=O)C1COCC1N)C(C)(C)C. The lowest BCUT2D eigenvalue weighted by Gasteiger charge is -2.28. The van der Waals surface area contributed by atoms with Crippen LogP contribution in [0.4, 0.5) is 0 Å². The summed E-state index contributed by atoms with van der Waals surface area (Å²) in [6.45, 7) is 10.3. The lowest BCUT2D eigenvalue weighted by atomic mass is 9.82. The van der Waals surface area contributed by atoms with Gasteiger partial charge in [0.05, 0.1) is 19.1 Å². The Bertz CT molecular complexity index is 248. The van der Waals surface area contributed by atoms with E-state index in [2.05, 4.69) is 33.0 Å². The third-order valence-corrected chi connectivity index (χ3v) is 3.52. The third kappa shape index (κ3) is 3.46. The van der Waals surface area contributed by atoms with Crippen LogP contribution in [0.15, 0.2) is 0 Å². The van der Waals surface area contributed by atoms with Crippen molar-refractivity contribution in [3.63, 3.8) is 0 Å². The van der Waals surface area contributed by atoms with Crippen LogP contribution in [0.2, 0.25) is 0 Å². The molecule has 1 amide bonds. The molecule has 1 heterocycles. The Morgan fingerprint density at radius 3 is 2.56 bits per heavy atom. The van der Waals surface area contributed by atoms with Gasteiger partial charge in [0.25, 0.3) is 0 Å². The molecule has 3 N–H and O–H groups in total. The summed E-state index contributed by atoms with van der Waals surface area (Å²) in [5, 5.41) is 2.96. The second-order valence-corrected chi connectivity index (χ2v) is 5.82. The van der Waals surface area contributed by atoms with E-state index in [0.29, 0.717) is 25.7 Å². The fourth-order valence-corrected chi connectivity index (χ4v) is 1.53. The zero-order valence-electron chi connectivity index (χ0n) is 10.7. The van der Waals surface area contributed by atoms with Crippen LogP contribution >= 0.6 is 0 Å². The summed E-state index contributed by atoms with van der Waals surface area (Å²) in [4.78, 5) is 11.8. The minimum Gasteiger partial charge on any atom is -0.379 e. The molecule has 1 aliphatic heterocycles. The molecule has 3 unspecified atom stereocenters. The summed E-state index contributed by atoms with van der Waals surface area (Å²) in [5.74, 6) is 0.295. The Labute approximate surface area is 97.9 Å². The molecule has 0 aliphatic carbocycles. The van der Waals surface area contributed by atoms with Crippen LogP contribution in [0.1, 0.15) is 27.7 Å². The van der Waals surface area contributed by atoms with Crippen molar-refractivity contribution < 1.29 is 9.53 Å². The molecule has 1 rings (SSSR count). The number of hydrogen-bond acceptors (Lipinski definition) is 3. The smallest absolute Gasteiger partial charge is 0.227 e. The zero-order chi connectivity index (χ0) is 12.3. The molecule has 16 heavy (non-hydrogen) atoms. The Morgan fingerprint density at radius 2 is 2.12 bits per heavy atom. The van der Waals surface area contributed by atoms with E-state index in [-0.39, 0.29) is 23.3 Å².